The van der Waals surface area contributed by atoms with E-state index in [1.54, 1.807) is 0 Å². The fourth-order valence-corrected chi connectivity index (χ4v) is 16.1. The zero-order valence-corrected chi connectivity index (χ0v) is 45.0. The Labute approximate surface area is 444 Å². The van der Waals surface area contributed by atoms with E-state index in [4.69, 9.17) is 37.9 Å². The maximum Gasteiger partial charge on any atom is 0.187 e. The van der Waals surface area contributed by atoms with E-state index in [1.807, 2.05) is 34.6 Å². The molecule has 23 heteroatoms. The third-order valence-electron chi connectivity index (χ3n) is 20.4. The Bertz CT molecular complexity index is 1980. The van der Waals surface area contributed by atoms with Crippen molar-refractivity contribution in [1.82, 2.24) is 0 Å². The number of hydrogen-bond acceptors (Lipinski definition) is 23. The highest BCUT2D eigenvalue weighted by Crippen LogP contribution is 2.76. The van der Waals surface area contributed by atoms with E-state index in [2.05, 4.69) is 26.8 Å². The quantitative estimate of drug-likeness (QED) is 0.0591. The molecule has 0 spiro atoms. The molecule has 4 aliphatic heterocycles. The van der Waals surface area contributed by atoms with Crippen molar-refractivity contribution >= 4 is 0 Å². The number of fused-ring (bicyclic) bond motifs is 5. The third-order valence-corrected chi connectivity index (χ3v) is 20.4. The molecule has 0 radical (unpaired) electrons. The first kappa shape index (κ1) is 60.9. The Morgan fingerprint density at radius 2 is 1.16 bits per heavy atom. The summed E-state index contributed by atoms with van der Waals surface area (Å²) in [4.78, 5) is 0. The van der Waals surface area contributed by atoms with Gasteiger partial charge >= 0.3 is 0 Å². The lowest BCUT2D eigenvalue weighted by Gasteiger charge is -2.71. The molecule has 8 rings (SSSR count). The van der Waals surface area contributed by atoms with Crippen molar-refractivity contribution in [3.63, 3.8) is 0 Å². The van der Waals surface area contributed by atoms with Gasteiger partial charge in [-0.2, -0.15) is 0 Å². The Morgan fingerprint density at radius 1 is 0.592 bits per heavy atom. The van der Waals surface area contributed by atoms with Gasteiger partial charge in [-0.1, -0.05) is 46.3 Å². The molecule has 15 N–H and O–H groups in total. The zero-order valence-electron chi connectivity index (χ0n) is 45.0. The van der Waals surface area contributed by atoms with Gasteiger partial charge in [0, 0.05) is 0 Å². The normalized spacial score (nSPS) is 53.2. The van der Waals surface area contributed by atoms with Crippen molar-refractivity contribution in [1.29, 1.82) is 0 Å². The molecule has 4 heterocycles. The monoisotopic (exact) mass is 1090 g/mol. The predicted molar refractivity (Wildman–Crippen MR) is 262 cm³/mol. The highest BCUT2D eigenvalue weighted by atomic mass is 16.8. The van der Waals surface area contributed by atoms with Gasteiger partial charge in [0.2, 0.25) is 0 Å². The second-order valence-corrected chi connectivity index (χ2v) is 25.5. The molecule has 0 amide bonds. The van der Waals surface area contributed by atoms with E-state index in [-0.39, 0.29) is 36.7 Å². The molecule has 4 saturated carbocycles. The topological polar surface area (TPSA) is 377 Å². The van der Waals surface area contributed by atoms with Crippen molar-refractivity contribution in [3.05, 3.63) is 11.6 Å². The standard InChI is InChI=1S/C53H90O23/c1-22(2)10-9-13-53(8,76-47-42(68)38(64)36(62)29(73-47)21-70-45-40(66)33(59)26(58)20-69-45)23-11-14-52(7)32(23)24(56)16-31-50(5)17-25(57)44(49(3,4)30(50)12-15-51(31,52)6)75-48-43(39(65)35(61)28(19-55)72-48)74-46-41(67)37(63)34(60)27(18-54)71-46/h10,23-48,54-68H,9,11-21H2,1-8H3/t23-,24+,25+,26+,27+,28+,29+,30-,31+,32-,33-,34+,35+,36+,37-,38-,39-,40+,41+,42+,43+,44?,45-,46-,47-,48-,50-,51+,52+,53-/m0/s1. The summed E-state index contributed by atoms with van der Waals surface area (Å²) in [6.45, 7) is 14.4. The molecule has 4 saturated heterocycles. The van der Waals surface area contributed by atoms with Crippen LogP contribution in [0.3, 0.4) is 0 Å². The lowest BCUT2D eigenvalue weighted by atomic mass is 9.35. The Morgan fingerprint density at radius 3 is 1.79 bits per heavy atom. The first-order chi connectivity index (χ1) is 35.5. The Balaban J connectivity index is 1.03. The molecule has 23 nitrogen and oxygen atoms in total. The second kappa shape index (κ2) is 22.9. The molecule has 0 aromatic heterocycles. The maximum atomic E-state index is 12.8. The van der Waals surface area contributed by atoms with Crippen LogP contribution in [-0.2, 0) is 37.9 Å². The number of hydrogen-bond donors (Lipinski definition) is 15. The third kappa shape index (κ3) is 10.5. The van der Waals surface area contributed by atoms with Crippen molar-refractivity contribution in [2.75, 3.05) is 26.4 Å². The van der Waals surface area contributed by atoms with Gasteiger partial charge in [-0.05, 0) is 117 Å². The maximum absolute atomic E-state index is 12.8. The van der Waals surface area contributed by atoms with Gasteiger partial charge in [0.05, 0.1) is 50.3 Å². The molecule has 1 unspecified atom stereocenters. The minimum absolute atomic E-state index is 0.123. The van der Waals surface area contributed by atoms with Crippen LogP contribution in [0.5, 0.6) is 0 Å². The lowest BCUT2D eigenvalue weighted by Crippen LogP contribution is -2.70. The SMILES string of the molecule is CC(C)=CCC[C@](C)(O[C@@H]1O[C@H](CO[C@@H]2OC[C@@H](O)[C@H](O)[C@H]2O)[C@@H](O)[C@H](O)[C@H]1O)[C@H]1CC[C@]2(C)[C@@H]1[C@H](O)C[C@@H]1[C@@]3(C)C[C@@H](O)C(O[C@@H]4O[C@H](CO)[C@@H](O)[C@H](O)[C@H]4O[C@@H]4O[C@H](CO)[C@@H](O)[C@H](O)[C@H]4O)C(C)(C)[C@@H]3CC[C@]12C. The van der Waals surface area contributed by atoms with E-state index in [0.717, 1.165) is 12.0 Å². The second-order valence-electron chi connectivity index (χ2n) is 25.5. The molecule has 0 aromatic rings. The van der Waals surface area contributed by atoms with Crippen molar-refractivity contribution in [2.45, 2.75) is 247 Å². The van der Waals surface area contributed by atoms with Gasteiger partial charge in [-0.15, -0.1) is 0 Å². The summed E-state index contributed by atoms with van der Waals surface area (Å²) >= 11 is 0. The predicted octanol–water partition coefficient (Wildman–Crippen LogP) is -2.59. The number of aliphatic hydroxyl groups excluding tert-OH is 15. The lowest BCUT2D eigenvalue weighted by molar-refractivity contribution is -0.383. The summed E-state index contributed by atoms with van der Waals surface area (Å²) < 4.78 is 48.5. The fourth-order valence-electron chi connectivity index (χ4n) is 16.1. The van der Waals surface area contributed by atoms with Gasteiger partial charge < -0.3 is 114 Å². The van der Waals surface area contributed by atoms with Gasteiger partial charge in [-0.3, -0.25) is 0 Å². The zero-order chi connectivity index (χ0) is 55.9. The van der Waals surface area contributed by atoms with E-state index in [0.29, 0.717) is 38.5 Å². The van der Waals surface area contributed by atoms with Crippen LogP contribution in [0.2, 0.25) is 0 Å². The molecule has 4 aliphatic carbocycles. The summed E-state index contributed by atoms with van der Waals surface area (Å²) in [6.07, 6.45) is -26.8. The molecule has 8 aliphatic rings. The minimum atomic E-state index is -1.87. The minimum Gasteiger partial charge on any atom is -0.394 e. The number of rotatable bonds is 15. The summed E-state index contributed by atoms with van der Waals surface area (Å²) in [5, 5.41) is 164. The Hall–Kier alpha value is -1.18. The van der Waals surface area contributed by atoms with E-state index >= 15 is 0 Å². The molecular weight excluding hydrogens is 1000 g/mol. The van der Waals surface area contributed by atoms with Crippen molar-refractivity contribution in [3.8, 4) is 0 Å². The van der Waals surface area contributed by atoms with E-state index in [9.17, 15) is 76.6 Å². The first-order valence-electron chi connectivity index (χ1n) is 27.4. The van der Waals surface area contributed by atoms with Crippen LogP contribution < -0.4 is 0 Å². The summed E-state index contributed by atoms with van der Waals surface area (Å²) in [5.41, 5.74) is -2.32. The number of ether oxygens (including phenoxy) is 8. The van der Waals surface area contributed by atoms with Gasteiger partial charge in [0.15, 0.2) is 25.2 Å². The highest BCUT2D eigenvalue weighted by molar-refractivity contribution is 5.21. The molecule has 8 fully saturated rings. The van der Waals surface area contributed by atoms with Gasteiger partial charge in [-0.25, -0.2) is 0 Å². The number of aliphatic hydroxyl groups is 15. The van der Waals surface area contributed by atoms with Crippen LogP contribution in [0.25, 0.3) is 0 Å². The molecule has 76 heavy (non-hydrogen) atoms. The highest BCUT2D eigenvalue weighted by Gasteiger charge is 2.73. The largest absolute Gasteiger partial charge is 0.394 e. The van der Waals surface area contributed by atoms with Crippen LogP contribution >= 0.6 is 0 Å². The van der Waals surface area contributed by atoms with Crippen LogP contribution in [0, 0.1) is 45.3 Å². The molecule has 0 bridgehead atoms. The van der Waals surface area contributed by atoms with Crippen LogP contribution in [0.15, 0.2) is 11.6 Å². The average Bonchev–Trinajstić information content (AvgIpc) is 3.95. The van der Waals surface area contributed by atoms with Crippen molar-refractivity contribution in [2.24, 2.45) is 45.3 Å². The number of allylic oxidation sites excluding steroid dienone is 2. The van der Waals surface area contributed by atoms with Crippen molar-refractivity contribution < 1.29 is 114 Å². The van der Waals surface area contributed by atoms with Gasteiger partial charge in [0.1, 0.15) is 91.6 Å². The molecule has 30 atom stereocenters. The van der Waals surface area contributed by atoms with Gasteiger partial charge in [0.25, 0.3) is 0 Å². The average molecular weight is 1100 g/mol. The van der Waals surface area contributed by atoms with Crippen LogP contribution in [0.1, 0.15) is 107 Å². The van der Waals surface area contributed by atoms with Crippen LogP contribution in [0.4, 0.5) is 0 Å². The summed E-state index contributed by atoms with van der Waals surface area (Å²) in [7, 11) is 0. The van der Waals surface area contributed by atoms with E-state index < -0.39 is 182 Å². The molecule has 0 aromatic carbocycles. The van der Waals surface area contributed by atoms with Crippen LogP contribution in [-0.4, -0.2) is 244 Å². The van der Waals surface area contributed by atoms with E-state index in [1.165, 1.54) is 0 Å². The summed E-state index contributed by atoms with van der Waals surface area (Å²) in [6, 6.07) is 0. The first-order valence-corrected chi connectivity index (χ1v) is 27.4. The smallest absolute Gasteiger partial charge is 0.187 e. The molecular formula is C53H90O23. The Kier molecular flexibility index (Phi) is 18.3. The summed E-state index contributed by atoms with van der Waals surface area (Å²) in [5.74, 6) is -0.872. The molecule has 440 valence electrons. The fraction of sp³-hybridized carbons (Fsp3) is 0.962.